The van der Waals surface area contributed by atoms with Gasteiger partial charge in [0.15, 0.2) is 5.65 Å². The van der Waals surface area contributed by atoms with Crippen molar-refractivity contribution in [1.82, 2.24) is 20.2 Å². The molecule has 120 valence electrons. The summed E-state index contributed by atoms with van der Waals surface area (Å²) in [6.07, 6.45) is 0. The number of benzene rings is 2. The molecule has 2 heterocycles. The van der Waals surface area contributed by atoms with Crippen LogP contribution >= 0.6 is 0 Å². The highest BCUT2D eigenvalue weighted by molar-refractivity contribution is 6.03. The highest BCUT2D eigenvalue weighted by Gasteiger charge is 2.08. The van der Waals surface area contributed by atoms with Gasteiger partial charge in [0, 0.05) is 10.9 Å². The first-order chi connectivity index (χ1) is 11.8. The van der Waals surface area contributed by atoms with Crippen LogP contribution in [0.15, 0.2) is 48.5 Å². The summed E-state index contributed by atoms with van der Waals surface area (Å²) < 4.78 is 5.67. The van der Waals surface area contributed by atoms with Crippen molar-refractivity contribution in [3.05, 3.63) is 54.1 Å². The molecule has 6 heteroatoms. The number of hydrogen-bond donors (Lipinski definition) is 2. The van der Waals surface area contributed by atoms with E-state index in [9.17, 15) is 0 Å². The number of fused-ring (bicyclic) bond motifs is 3. The lowest BCUT2D eigenvalue weighted by Gasteiger charge is -2.07. The maximum atomic E-state index is 5.67. The van der Waals surface area contributed by atoms with Crippen LogP contribution in [-0.4, -0.2) is 33.3 Å². The van der Waals surface area contributed by atoms with Gasteiger partial charge in [-0.25, -0.2) is 0 Å². The van der Waals surface area contributed by atoms with Gasteiger partial charge >= 0.3 is 0 Å². The SMILES string of the molecule is Cc1ccc(OCCNc2nnc3c(n2)[nH]c2ccccc23)cc1. The molecule has 0 radical (unpaired) electrons. The van der Waals surface area contributed by atoms with E-state index in [-0.39, 0.29) is 0 Å². The van der Waals surface area contributed by atoms with Gasteiger partial charge in [-0.2, -0.15) is 4.98 Å². The molecule has 0 fully saturated rings. The molecule has 0 unspecified atom stereocenters. The number of hydrogen-bond acceptors (Lipinski definition) is 5. The van der Waals surface area contributed by atoms with E-state index in [0.29, 0.717) is 19.1 Å². The van der Waals surface area contributed by atoms with E-state index in [2.05, 4.69) is 32.4 Å². The van der Waals surface area contributed by atoms with Crippen LogP contribution in [0, 0.1) is 6.92 Å². The lowest BCUT2D eigenvalue weighted by atomic mass is 10.2. The summed E-state index contributed by atoms with van der Waals surface area (Å²) in [5.41, 5.74) is 3.74. The highest BCUT2D eigenvalue weighted by atomic mass is 16.5. The molecule has 0 saturated carbocycles. The van der Waals surface area contributed by atoms with Gasteiger partial charge in [-0.1, -0.05) is 35.9 Å². The zero-order valence-electron chi connectivity index (χ0n) is 13.3. The van der Waals surface area contributed by atoms with E-state index >= 15 is 0 Å². The molecular formula is C18H17N5O. The van der Waals surface area contributed by atoms with Crippen LogP contribution in [0.1, 0.15) is 5.56 Å². The van der Waals surface area contributed by atoms with Crippen LogP contribution in [-0.2, 0) is 0 Å². The highest BCUT2D eigenvalue weighted by Crippen LogP contribution is 2.21. The summed E-state index contributed by atoms with van der Waals surface area (Å²) >= 11 is 0. The van der Waals surface area contributed by atoms with Crippen molar-refractivity contribution in [2.24, 2.45) is 0 Å². The van der Waals surface area contributed by atoms with E-state index in [4.69, 9.17) is 4.74 Å². The summed E-state index contributed by atoms with van der Waals surface area (Å²) in [5.74, 6) is 1.34. The monoisotopic (exact) mass is 319 g/mol. The van der Waals surface area contributed by atoms with Crippen LogP contribution in [0.3, 0.4) is 0 Å². The molecule has 0 saturated heterocycles. The van der Waals surface area contributed by atoms with Crippen molar-refractivity contribution in [3.63, 3.8) is 0 Å². The van der Waals surface area contributed by atoms with E-state index < -0.39 is 0 Å². The van der Waals surface area contributed by atoms with Gasteiger partial charge in [-0.3, -0.25) is 0 Å². The molecule has 2 N–H and O–H groups in total. The minimum absolute atomic E-state index is 0.488. The summed E-state index contributed by atoms with van der Waals surface area (Å²) in [6.45, 7) is 3.17. The summed E-state index contributed by atoms with van der Waals surface area (Å²) in [5, 5.41) is 12.6. The van der Waals surface area contributed by atoms with Gasteiger partial charge in [-0.15, -0.1) is 10.2 Å². The number of nitrogens with one attached hydrogen (secondary N) is 2. The Hall–Kier alpha value is -3.15. The van der Waals surface area contributed by atoms with Crippen LogP contribution in [0.25, 0.3) is 22.1 Å². The number of aryl methyl sites for hydroxylation is 1. The lowest BCUT2D eigenvalue weighted by Crippen LogP contribution is -2.13. The van der Waals surface area contributed by atoms with Gasteiger partial charge in [0.05, 0.1) is 6.54 Å². The first-order valence-corrected chi connectivity index (χ1v) is 7.84. The maximum Gasteiger partial charge on any atom is 0.244 e. The number of anilines is 1. The van der Waals surface area contributed by atoms with Crippen LogP contribution < -0.4 is 10.1 Å². The van der Waals surface area contributed by atoms with Crippen molar-refractivity contribution >= 4 is 28.0 Å². The molecule has 6 nitrogen and oxygen atoms in total. The standard InChI is InChI=1S/C18H17N5O/c1-12-6-8-13(9-7-12)24-11-10-19-18-21-17-16(22-23-18)14-4-2-3-5-15(14)20-17/h2-9H,10-11H2,1H3,(H2,19,20,21,23). The summed E-state index contributed by atoms with van der Waals surface area (Å²) in [7, 11) is 0. The molecule has 2 aromatic heterocycles. The number of ether oxygens (including phenoxy) is 1. The molecule has 0 spiro atoms. The predicted molar refractivity (Wildman–Crippen MR) is 94.4 cm³/mol. The molecule has 4 rings (SSSR count). The first-order valence-electron chi connectivity index (χ1n) is 7.84. The predicted octanol–water partition coefficient (Wildman–Crippen LogP) is 3.31. The smallest absolute Gasteiger partial charge is 0.244 e. The average molecular weight is 319 g/mol. The molecule has 4 aromatic rings. The number of para-hydroxylation sites is 1. The molecule has 24 heavy (non-hydrogen) atoms. The largest absolute Gasteiger partial charge is 0.492 e. The Bertz CT molecular complexity index is 978. The Morgan fingerprint density at radius 1 is 1.04 bits per heavy atom. The molecule has 0 amide bonds. The minimum atomic E-state index is 0.488. The number of rotatable bonds is 5. The van der Waals surface area contributed by atoms with E-state index in [1.54, 1.807) is 0 Å². The molecule has 0 aliphatic carbocycles. The van der Waals surface area contributed by atoms with E-state index in [0.717, 1.165) is 27.8 Å². The van der Waals surface area contributed by atoms with Gasteiger partial charge in [0.25, 0.3) is 0 Å². The van der Waals surface area contributed by atoms with Crippen molar-refractivity contribution in [1.29, 1.82) is 0 Å². The van der Waals surface area contributed by atoms with Gasteiger partial charge in [0.2, 0.25) is 5.95 Å². The molecule has 2 aromatic carbocycles. The van der Waals surface area contributed by atoms with E-state index in [1.165, 1.54) is 5.56 Å². The third kappa shape index (κ3) is 2.86. The molecule has 0 atom stereocenters. The molecule has 0 aliphatic rings. The summed E-state index contributed by atoms with van der Waals surface area (Å²) in [4.78, 5) is 7.73. The number of aromatic amines is 1. The fourth-order valence-electron chi connectivity index (χ4n) is 2.56. The van der Waals surface area contributed by atoms with Crippen molar-refractivity contribution in [2.45, 2.75) is 6.92 Å². The third-order valence-electron chi connectivity index (χ3n) is 3.80. The molecule has 0 aliphatic heterocycles. The second kappa shape index (κ2) is 6.16. The van der Waals surface area contributed by atoms with Crippen molar-refractivity contribution < 1.29 is 4.74 Å². The zero-order valence-corrected chi connectivity index (χ0v) is 13.3. The third-order valence-corrected chi connectivity index (χ3v) is 3.80. The van der Waals surface area contributed by atoms with Crippen LogP contribution in [0.2, 0.25) is 0 Å². The van der Waals surface area contributed by atoms with Crippen molar-refractivity contribution in [3.8, 4) is 5.75 Å². The van der Waals surface area contributed by atoms with Crippen LogP contribution in [0.5, 0.6) is 5.75 Å². The fraction of sp³-hybridized carbons (Fsp3) is 0.167. The van der Waals surface area contributed by atoms with Crippen LogP contribution in [0.4, 0.5) is 5.95 Å². The Morgan fingerprint density at radius 3 is 2.75 bits per heavy atom. The fourth-order valence-corrected chi connectivity index (χ4v) is 2.56. The number of nitrogens with zero attached hydrogens (tertiary/aromatic N) is 3. The molecule has 0 bridgehead atoms. The summed E-state index contributed by atoms with van der Waals surface area (Å²) in [6, 6.07) is 15.9. The number of aromatic nitrogens is 4. The quantitative estimate of drug-likeness (QED) is 0.552. The Balaban J connectivity index is 1.41. The van der Waals surface area contributed by atoms with Gasteiger partial charge < -0.3 is 15.0 Å². The van der Waals surface area contributed by atoms with Gasteiger partial charge in [-0.05, 0) is 25.1 Å². The van der Waals surface area contributed by atoms with Gasteiger partial charge in [0.1, 0.15) is 17.9 Å². The average Bonchev–Trinajstić information content (AvgIpc) is 2.98. The Labute approximate surface area is 138 Å². The van der Waals surface area contributed by atoms with Crippen molar-refractivity contribution in [2.75, 3.05) is 18.5 Å². The topological polar surface area (TPSA) is 75.7 Å². The Kier molecular flexibility index (Phi) is 3.70. The maximum absolute atomic E-state index is 5.67. The molecular weight excluding hydrogens is 302 g/mol. The Morgan fingerprint density at radius 2 is 1.88 bits per heavy atom. The van der Waals surface area contributed by atoms with E-state index in [1.807, 2.05) is 48.5 Å². The minimum Gasteiger partial charge on any atom is -0.492 e. The second-order valence-corrected chi connectivity index (χ2v) is 5.59. The second-order valence-electron chi connectivity index (χ2n) is 5.59. The normalized spacial score (nSPS) is 11.0. The lowest BCUT2D eigenvalue weighted by molar-refractivity contribution is 0.332. The zero-order chi connectivity index (χ0) is 16.4. The number of H-pyrrole nitrogens is 1. The first kappa shape index (κ1) is 14.4.